The van der Waals surface area contributed by atoms with Gasteiger partial charge in [-0.1, -0.05) is 6.08 Å². The Morgan fingerprint density at radius 3 is 2.47 bits per heavy atom. The molecule has 0 saturated carbocycles. The highest BCUT2D eigenvalue weighted by molar-refractivity contribution is 5.67. The largest absolute Gasteiger partial charge is 0.444 e. The van der Waals surface area contributed by atoms with Crippen LogP contribution in [0.3, 0.4) is 0 Å². The Hall–Kier alpha value is -1.07. The highest BCUT2D eigenvalue weighted by Gasteiger charge is 2.18. The summed E-state index contributed by atoms with van der Waals surface area (Å²) >= 11 is 0. The summed E-state index contributed by atoms with van der Waals surface area (Å²) in [5, 5.41) is 20.7. The smallest absolute Gasteiger partial charge is 0.407 e. The van der Waals surface area contributed by atoms with E-state index in [0.29, 0.717) is 0 Å². The molecule has 0 aromatic heterocycles. The van der Waals surface area contributed by atoms with Gasteiger partial charge in [0.15, 0.2) is 0 Å². The predicted molar refractivity (Wildman–Crippen MR) is 56.4 cm³/mol. The van der Waals surface area contributed by atoms with Crippen molar-refractivity contribution in [1.82, 2.24) is 5.32 Å². The Labute approximate surface area is 89.7 Å². The van der Waals surface area contributed by atoms with Crippen molar-refractivity contribution < 1.29 is 19.7 Å². The summed E-state index contributed by atoms with van der Waals surface area (Å²) in [5.74, 6) is 0. The zero-order valence-corrected chi connectivity index (χ0v) is 9.36. The Bertz CT molecular complexity index is 222. The first-order valence-corrected chi connectivity index (χ1v) is 4.72. The van der Waals surface area contributed by atoms with Crippen molar-refractivity contribution in [3.8, 4) is 0 Å². The molecule has 0 aromatic rings. The van der Waals surface area contributed by atoms with Gasteiger partial charge >= 0.3 is 6.09 Å². The van der Waals surface area contributed by atoms with Crippen molar-refractivity contribution in [3.05, 3.63) is 12.7 Å². The van der Waals surface area contributed by atoms with Gasteiger partial charge in [0.05, 0.1) is 6.10 Å². The summed E-state index contributed by atoms with van der Waals surface area (Å²) in [6.45, 7) is 8.45. The lowest BCUT2D eigenvalue weighted by Crippen LogP contribution is -2.40. The van der Waals surface area contributed by atoms with Crippen LogP contribution in [0.25, 0.3) is 0 Å². The molecule has 0 fully saturated rings. The van der Waals surface area contributed by atoms with Gasteiger partial charge in [-0.2, -0.15) is 0 Å². The van der Waals surface area contributed by atoms with Gasteiger partial charge in [-0.3, -0.25) is 0 Å². The topological polar surface area (TPSA) is 78.8 Å². The molecule has 88 valence electrons. The normalized spacial score (nSPS) is 15.3. The van der Waals surface area contributed by atoms with Crippen LogP contribution in [0.4, 0.5) is 4.79 Å². The first-order chi connectivity index (χ1) is 6.76. The van der Waals surface area contributed by atoms with Crippen LogP contribution in [0.2, 0.25) is 0 Å². The van der Waals surface area contributed by atoms with E-state index in [1.165, 1.54) is 6.08 Å². The first kappa shape index (κ1) is 13.9. The van der Waals surface area contributed by atoms with Crippen LogP contribution >= 0.6 is 0 Å². The van der Waals surface area contributed by atoms with E-state index < -0.39 is 23.9 Å². The number of amides is 1. The molecule has 0 heterocycles. The summed E-state index contributed by atoms with van der Waals surface area (Å²) in [5.41, 5.74) is -0.577. The summed E-state index contributed by atoms with van der Waals surface area (Å²) in [6.07, 6.45) is -1.56. The van der Waals surface area contributed by atoms with Gasteiger partial charge in [0.1, 0.15) is 11.7 Å². The maximum absolute atomic E-state index is 11.1. The number of hydrogen-bond acceptors (Lipinski definition) is 4. The molecule has 0 spiro atoms. The van der Waals surface area contributed by atoms with Crippen LogP contribution in [0.1, 0.15) is 20.8 Å². The molecule has 0 rings (SSSR count). The second-order valence-corrected chi connectivity index (χ2v) is 4.18. The van der Waals surface area contributed by atoms with Gasteiger partial charge in [0.2, 0.25) is 0 Å². The number of carbonyl (C=O) groups excluding carboxylic acids is 1. The minimum absolute atomic E-state index is 0.0812. The highest BCUT2D eigenvalue weighted by Crippen LogP contribution is 2.06. The molecule has 5 nitrogen and oxygen atoms in total. The molecule has 15 heavy (non-hydrogen) atoms. The van der Waals surface area contributed by atoms with Crippen LogP contribution in [0.5, 0.6) is 0 Å². The van der Waals surface area contributed by atoms with E-state index in [1.807, 2.05) is 0 Å². The number of carbonyl (C=O) groups is 1. The third-order valence-corrected chi connectivity index (χ3v) is 1.49. The Morgan fingerprint density at radius 1 is 1.53 bits per heavy atom. The molecular formula is C10H19NO4. The van der Waals surface area contributed by atoms with Crippen molar-refractivity contribution in [1.29, 1.82) is 0 Å². The van der Waals surface area contributed by atoms with Gasteiger partial charge < -0.3 is 20.3 Å². The van der Waals surface area contributed by atoms with Gasteiger partial charge in [-0.25, -0.2) is 4.79 Å². The standard InChI is InChI=1S/C10H19NO4/c1-5-7(12)8(13)6-11-9(14)15-10(2,3)4/h5,7-8,12-13H,1,6H2,2-4H3,(H,11,14)/t7-,8+/m0/s1. The SMILES string of the molecule is C=C[C@H](O)[C@H](O)CNC(=O)OC(C)(C)C. The van der Waals surface area contributed by atoms with E-state index >= 15 is 0 Å². The van der Waals surface area contributed by atoms with E-state index in [-0.39, 0.29) is 6.54 Å². The molecule has 0 aromatic carbocycles. The fourth-order valence-corrected chi connectivity index (χ4v) is 0.780. The minimum Gasteiger partial charge on any atom is -0.444 e. The van der Waals surface area contributed by atoms with Crippen LogP contribution in [-0.4, -0.2) is 40.7 Å². The molecular weight excluding hydrogens is 198 g/mol. The van der Waals surface area contributed by atoms with E-state index in [4.69, 9.17) is 9.84 Å². The van der Waals surface area contributed by atoms with Crippen LogP contribution < -0.4 is 5.32 Å². The van der Waals surface area contributed by atoms with E-state index in [1.54, 1.807) is 20.8 Å². The van der Waals surface area contributed by atoms with Crippen molar-refractivity contribution in [2.45, 2.75) is 38.6 Å². The second kappa shape index (κ2) is 5.72. The van der Waals surface area contributed by atoms with Crippen molar-refractivity contribution in [2.24, 2.45) is 0 Å². The lowest BCUT2D eigenvalue weighted by molar-refractivity contribution is 0.0330. The van der Waals surface area contributed by atoms with Gasteiger partial charge in [0.25, 0.3) is 0 Å². The molecule has 0 saturated heterocycles. The maximum Gasteiger partial charge on any atom is 0.407 e. The molecule has 0 aliphatic heterocycles. The number of aliphatic hydroxyl groups excluding tert-OH is 2. The molecule has 0 radical (unpaired) electrons. The number of ether oxygens (including phenoxy) is 1. The summed E-state index contributed by atoms with van der Waals surface area (Å²) in [7, 11) is 0. The fraction of sp³-hybridized carbons (Fsp3) is 0.700. The third kappa shape index (κ3) is 6.93. The summed E-state index contributed by atoms with van der Waals surface area (Å²) in [4.78, 5) is 11.1. The van der Waals surface area contributed by atoms with Crippen molar-refractivity contribution >= 4 is 6.09 Å². The zero-order valence-electron chi connectivity index (χ0n) is 9.36. The average molecular weight is 217 g/mol. The number of rotatable bonds is 4. The van der Waals surface area contributed by atoms with E-state index in [0.717, 1.165) is 0 Å². The summed E-state index contributed by atoms with van der Waals surface area (Å²) < 4.78 is 4.93. The number of nitrogens with one attached hydrogen (secondary N) is 1. The number of aliphatic hydroxyl groups is 2. The fourth-order valence-electron chi connectivity index (χ4n) is 0.780. The van der Waals surface area contributed by atoms with E-state index in [9.17, 15) is 9.90 Å². The van der Waals surface area contributed by atoms with Crippen molar-refractivity contribution in [3.63, 3.8) is 0 Å². The highest BCUT2D eigenvalue weighted by atomic mass is 16.6. The quantitative estimate of drug-likeness (QED) is 0.596. The molecule has 0 aliphatic rings. The molecule has 3 N–H and O–H groups in total. The first-order valence-electron chi connectivity index (χ1n) is 4.72. The molecule has 5 heteroatoms. The average Bonchev–Trinajstić information content (AvgIpc) is 2.10. The number of hydrogen-bond donors (Lipinski definition) is 3. The number of alkyl carbamates (subject to hydrolysis) is 1. The summed E-state index contributed by atoms with van der Waals surface area (Å²) in [6, 6.07) is 0. The lowest BCUT2D eigenvalue weighted by atomic mass is 10.2. The second-order valence-electron chi connectivity index (χ2n) is 4.18. The third-order valence-electron chi connectivity index (χ3n) is 1.49. The maximum atomic E-state index is 11.1. The zero-order chi connectivity index (χ0) is 12.1. The molecule has 2 atom stereocenters. The van der Waals surface area contributed by atoms with Crippen LogP contribution in [0.15, 0.2) is 12.7 Å². The molecule has 0 bridgehead atoms. The Balaban J connectivity index is 3.86. The monoisotopic (exact) mass is 217 g/mol. The Kier molecular flexibility index (Phi) is 5.32. The molecule has 1 amide bonds. The minimum atomic E-state index is -1.07. The molecule has 0 aliphatic carbocycles. The van der Waals surface area contributed by atoms with Crippen LogP contribution in [-0.2, 0) is 4.74 Å². The Morgan fingerprint density at radius 2 is 2.07 bits per heavy atom. The van der Waals surface area contributed by atoms with Gasteiger partial charge in [-0.05, 0) is 20.8 Å². The lowest BCUT2D eigenvalue weighted by Gasteiger charge is -2.21. The van der Waals surface area contributed by atoms with Crippen molar-refractivity contribution in [2.75, 3.05) is 6.54 Å². The molecule has 0 unspecified atom stereocenters. The van der Waals surface area contributed by atoms with E-state index in [2.05, 4.69) is 11.9 Å². The van der Waals surface area contributed by atoms with Gasteiger partial charge in [-0.15, -0.1) is 6.58 Å². The predicted octanol–water partition coefficient (Wildman–Crippen LogP) is 0.419. The van der Waals surface area contributed by atoms with Crippen LogP contribution in [0, 0.1) is 0 Å². The van der Waals surface area contributed by atoms with Gasteiger partial charge in [0, 0.05) is 6.54 Å².